The fourth-order valence-corrected chi connectivity index (χ4v) is 4.77. The highest BCUT2D eigenvalue weighted by molar-refractivity contribution is 7.89. The molecule has 1 fully saturated rings. The topological polar surface area (TPSA) is 119 Å². The maximum Gasteiger partial charge on any atom is 0.269 e. The van der Waals surface area contributed by atoms with E-state index < -0.39 is 21.1 Å². The average molecular weight is 464 g/mol. The van der Waals surface area contributed by atoms with E-state index in [0.29, 0.717) is 5.75 Å². The van der Waals surface area contributed by atoms with Crippen molar-refractivity contribution < 1.29 is 27.6 Å². The first-order chi connectivity index (χ1) is 15.2. The zero-order valence-electron chi connectivity index (χ0n) is 17.8. The molecule has 2 aromatic carbocycles. The van der Waals surface area contributed by atoms with E-state index in [1.807, 2.05) is 24.3 Å². The monoisotopic (exact) mass is 463 g/mol. The molecule has 172 valence electrons. The number of carbonyl (C=O) groups excluding carboxylic acids is 1. The van der Waals surface area contributed by atoms with Crippen molar-refractivity contribution in [2.45, 2.75) is 24.5 Å². The summed E-state index contributed by atoms with van der Waals surface area (Å²) in [6.45, 7) is 2.65. The molecule has 1 heterocycles. The van der Waals surface area contributed by atoms with Crippen LogP contribution >= 0.6 is 0 Å². The minimum Gasteiger partial charge on any atom is -0.497 e. The number of amides is 1. The number of carbonyl (C=O) groups is 1. The first kappa shape index (κ1) is 23.6. The Morgan fingerprint density at radius 1 is 1.12 bits per heavy atom. The number of nitro benzene ring substituents is 1. The third-order valence-electron chi connectivity index (χ3n) is 5.22. The van der Waals surface area contributed by atoms with Gasteiger partial charge in [-0.2, -0.15) is 4.31 Å². The molecule has 1 saturated heterocycles. The predicted octanol–water partition coefficient (Wildman–Crippen LogP) is 2.04. The van der Waals surface area contributed by atoms with E-state index in [1.54, 1.807) is 18.9 Å². The Labute approximate surface area is 186 Å². The van der Waals surface area contributed by atoms with Crippen LogP contribution in [0, 0.1) is 10.1 Å². The smallest absolute Gasteiger partial charge is 0.269 e. The van der Waals surface area contributed by atoms with Crippen molar-refractivity contribution in [3.8, 4) is 5.75 Å². The number of rotatable bonds is 8. The molecule has 0 aromatic heterocycles. The molecule has 0 bridgehead atoms. The van der Waals surface area contributed by atoms with Crippen LogP contribution < -0.4 is 4.74 Å². The average Bonchev–Trinajstić information content (AvgIpc) is 2.82. The molecule has 0 N–H and O–H groups in total. The van der Waals surface area contributed by atoms with Crippen molar-refractivity contribution in [3.63, 3.8) is 0 Å². The summed E-state index contributed by atoms with van der Waals surface area (Å²) in [6.07, 6.45) is -0.681. The number of hydrogen-bond donors (Lipinski definition) is 0. The summed E-state index contributed by atoms with van der Waals surface area (Å²) in [4.78, 5) is 24.5. The van der Waals surface area contributed by atoms with E-state index >= 15 is 0 Å². The van der Waals surface area contributed by atoms with Crippen molar-refractivity contribution in [3.05, 3.63) is 64.2 Å². The summed E-state index contributed by atoms with van der Waals surface area (Å²) in [5, 5.41) is 10.8. The molecule has 1 aliphatic rings. The minimum atomic E-state index is -3.80. The van der Waals surface area contributed by atoms with Crippen molar-refractivity contribution in [1.82, 2.24) is 9.21 Å². The molecule has 1 amide bonds. The highest BCUT2D eigenvalue weighted by atomic mass is 32.2. The van der Waals surface area contributed by atoms with Crippen LogP contribution in [0.2, 0.25) is 0 Å². The lowest BCUT2D eigenvalue weighted by atomic mass is 10.2. The Hall–Kier alpha value is -3.02. The van der Waals surface area contributed by atoms with Gasteiger partial charge in [0, 0.05) is 38.3 Å². The van der Waals surface area contributed by atoms with Crippen molar-refractivity contribution >= 4 is 21.6 Å². The molecule has 2 aromatic rings. The molecule has 11 heteroatoms. The highest BCUT2D eigenvalue weighted by Crippen LogP contribution is 2.21. The molecule has 1 unspecified atom stereocenters. The van der Waals surface area contributed by atoms with E-state index in [4.69, 9.17) is 9.47 Å². The lowest BCUT2D eigenvalue weighted by Crippen LogP contribution is -2.52. The van der Waals surface area contributed by atoms with Crippen LogP contribution in [0.1, 0.15) is 12.5 Å². The van der Waals surface area contributed by atoms with Crippen LogP contribution in [0.4, 0.5) is 5.69 Å². The lowest BCUT2D eigenvalue weighted by Gasteiger charge is -2.35. The molecule has 0 spiro atoms. The standard InChI is InChI=1S/C21H25N3O7S/c1-16(31-15-17-4-3-5-19(14-17)30-2)21(25)22-10-12-23(13-11-22)32(28,29)20-8-6-18(7-9-20)24(26)27/h3-9,14,16H,10-13,15H2,1-2H3. The quantitative estimate of drug-likeness (QED) is 0.434. The second-order valence-electron chi connectivity index (χ2n) is 7.29. The minimum absolute atomic E-state index is 0.0159. The lowest BCUT2D eigenvalue weighted by molar-refractivity contribution is -0.384. The zero-order valence-corrected chi connectivity index (χ0v) is 18.7. The predicted molar refractivity (Wildman–Crippen MR) is 116 cm³/mol. The molecule has 1 atom stereocenters. The maximum absolute atomic E-state index is 12.8. The number of non-ortho nitro benzene ring substituents is 1. The van der Waals surface area contributed by atoms with Gasteiger partial charge < -0.3 is 14.4 Å². The Morgan fingerprint density at radius 2 is 1.78 bits per heavy atom. The van der Waals surface area contributed by atoms with Gasteiger partial charge in [0.2, 0.25) is 10.0 Å². The SMILES string of the molecule is COc1cccc(COC(C)C(=O)N2CCN(S(=O)(=O)c3ccc([N+](=O)[O-])cc3)CC2)c1. The zero-order chi connectivity index (χ0) is 23.3. The summed E-state index contributed by atoms with van der Waals surface area (Å²) in [6, 6.07) is 12.1. The Kier molecular flexibility index (Phi) is 7.44. The number of benzene rings is 2. The van der Waals surface area contributed by atoms with Crippen molar-refractivity contribution in [2.75, 3.05) is 33.3 Å². The van der Waals surface area contributed by atoms with Gasteiger partial charge in [0.1, 0.15) is 11.9 Å². The Bertz CT molecular complexity index is 1070. The van der Waals surface area contributed by atoms with Crippen LogP contribution in [0.3, 0.4) is 0 Å². The Balaban J connectivity index is 1.54. The van der Waals surface area contributed by atoms with E-state index in [2.05, 4.69) is 0 Å². The molecular formula is C21H25N3O7S. The first-order valence-corrected chi connectivity index (χ1v) is 11.4. The van der Waals surface area contributed by atoms with Crippen molar-refractivity contribution in [2.24, 2.45) is 0 Å². The second-order valence-corrected chi connectivity index (χ2v) is 9.22. The third kappa shape index (κ3) is 5.42. The van der Waals surface area contributed by atoms with Gasteiger partial charge >= 0.3 is 0 Å². The van der Waals surface area contributed by atoms with E-state index in [0.717, 1.165) is 17.7 Å². The van der Waals surface area contributed by atoms with Crippen LogP contribution in [-0.2, 0) is 26.2 Å². The molecule has 0 aliphatic carbocycles. The Morgan fingerprint density at radius 3 is 2.38 bits per heavy atom. The summed E-state index contributed by atoms with van der Waals surface area (Å²) < 4.78 is 37.8. The van der Waals surface area contributed by atoms with Crippen LogP contribution in [0.5, 0.6) is 5.75 Å². The van der Waals surface area contributed by atoms with Gasteiger partial charge in [-0.15, -0.1) is 0 Å². The number of nitrogens with zero attached hydrogens (tertiary/aromatic N) is 3. The molecule has 3 rings (SSSR count). The van der Waals surface area contributed by atoms with E-state index in [-0.39, 0.29) is 49.3 Å². The van der Waals surface area contributed by atoms with Gasteiger partial charge in [-0.1, -0.05) is 12.1 Å². The summed E-state index contributed by atoms with van der Waals surface area (Å²) in [5.74, 6) is 0.496. The van der Waals surface area contributed by atoms with Gasteiger partial charge in [0.25, 0.3) is 11.6 Å². The normalized spacial score (nSPS) is 15.9. The maximum atomic E-state index is 12.8. The molecule has 1 aliphatic heterocycles. The fraction of sp³-hybridized carbons (Fsp3) is 0.381. The summed E-state index contributed by atoms with van der Waals surface area (Å²) >= 11 is 0. The number of nitro groups is 1. The van der Waals surface area contributed by atoms with E-state index in [9.17, 15) is 23.3 Å². The van der Waals surface area contributed by atoms with Gasteiger partial charge in [-0.25, -0.2) is 8.42 Å². The first-order valence-electron chi connectivity index (χ1n) is 10.0. The van der Waals surface area contributed by atoms with Crippen molar-refractivity contribution in [1.29, 1.82) is 0 Å². The second kappa shape index (κ2) is 10.1. The van der Waals surface area contributed by atoms with Crippen LogP contribution in [-0.4, -0.2) is 67.8 Å². The third-order valence-corrected chi connectivity index (χ3v) is 7.13. The number of sulfonamides is 1. The van der Waals surface area contributed by atoms with Gasteiger partial charge in [-0.05, 0) is 36.8 Å². The number of methoxy groups -OCH3 is 1. The van der Waals surface area contributed by atoms with Gasteiger partial charge in [-0.3, -0.25) is 14.9 Å². The fourth-order valence-electron chi connectivity index (χ4n) is 3.35. The molecule has 0 saturated carbocycles. The number of hydrogen-bond acceptors (Lipinski definition) is 7. The molecule has 0 radical (unpaired) electrons. The molecule has 10 nitrogen and oxygen atoms in total. The highest BCUT2D eigenvalue weighted by Gasteiger charge is 2.32. The molecule has 32 heavy (non-hydrogen) atoms. The van der Waals surface area contributed by atoms with Crippen LogP contribution in [0.25, 0.3) is 0 Å². The van der Waals surface area contributed by atoms with Gasteiger partial charge in [0.05, 0.1) is 23.5 Å². The van der Waals surface area contributed by atoms with Gasteiger partial charge in [0.15, 0.2) is 0 Å². The number of piperazine rings is 1. The van der Waals surface area contributed by atoms with Crippen LogP contribution in [0.15, 0.2) is 53.4 Å². The summed E-state index contributed by atoms with van der Waals surface area (Å²) in [5.41, 5.74) is 0.699. The largest absolute Gasteiger partial charge is 0.497 e. The molecular weight excluding hydrogens is 438 g/mol. The van der Waals surface area contributed by atoms with E-state index in [1.165, 1.54) is 16.4 Å². The summed E-state index contributed by atoms with van der Waals surface area (Å²) in [7, 11) is -2.22. The number of ether oxygens (including phenoxy) is 2.